The molecule has 0 aromatic heterocycles. The minimum Gasteiger partial charge on any atom is -0.0883 e. The molecule has 0 radical (unpaired) electrons. The normalized spacial score (nSPS) is 23.3. The van der Waals surface area contributed by atoms with E-state index < -0.39 is 0 Å². The molecule has 0 N–H and O–H groups in total. The molecule has 0 saturated heterocycles. The lowest BCUT2D eigenvalue weighted by atomic mass is 9.78. The van der Waals surface area contributed by atoms with Gasteiger partial charge in [-0.15, -0.1) is 0 Å². The van der Waals surface area contributed by atoms with Crippen molar-refractivity contribution in [2.24, 2.45) is 11.8 Å². The number of benzene rings is 1. The maximum Gasteiger partial charge on any atom is -0.0162 e. The fourth-order valence-electron chi connectivity index (χ4n) is 3.99. The van der Waals surface area contributed by atoms with Gasteiger partial charge in [-0.3, -0.25) is 0 Å². The largest absolute Gasteiger partial charge is 0.0883 e. The van der Waals surface area contributed by atoms with Gasteiger partial charge in [-0.25, -0.2) is 0 Å². The summed E-state index contributed by atoms with van der Waals surface area (Å²) in [6, 6.07) is 9.21. The molecule has 0 heteroatoms. The van der Waals surface area contributed by atoms with Crippen molar-refractivity contribution in [2.45, 2.75) is 84.5 Å². The van der Waals surface area contributed by atoms with Gasteiger partial charge < -0.3 is 0 Å². The summed E-state index contributed by atoms with van der Waals surface area (Å²) in [5, 5.41) is 0. The van der Waals surface area contributed by atoms with Gasteiger partial charge in [0.05, 0.1) is 0 Å². The molecule has 2 rings (SSSR count). The summed E-state index contributed by atoms with van der Waals surface area (Å²) in [7, 11) is 0. The molecule has 128 valence electrons. The first kappa shape index (κ1) is 18.3. The Bertz CT molecular complexity index is 445. The summed E-state index contributed by atoms with van der Waals surface area (Å²) in [6.45, 7) is 6.87. The monoisotopic (exact) mass is 312 g/mol. The predicted octanol–water partition coefficient (Wildman–Crippen LogP) is 7.43. The lowest BCUT2D eigenvalue weighted by molar-refractivity contribution is 0.375. The Morgan fingerprint density at radius 2 is 1.74 bits per heavy atom. The maximum absolute atomic E-state index is 2.52. The first-order valence-electron chi connectivity index (χ1n) is 9.92. The molecule has 0 amide bonds. The fraction of sp³-hybridized carbons (Fsp3) is 0.652. The van der Waals surface area contributed by atoms with Crippen molar-refractivity contribution in [3.05, 3.63) is 47.5 Å². The molecule has 1 saturated carbocycles. The smallest absolute Gasteiger partial charge is 0.0162 e. The van der Waals surface area contributed by atoms with Crippen LogP contribution >= 0.6 is 0 Å². The summed E-state index contributed by atoms with van der Waals surface area (Å²) in [5.74, 6) is 2.55. The molecule has 0 heterocycles. The van der Waals surface area contributed by atoms with E-state index in [-0.39, 0.29) is 0 Å². The van der Waals surface area contributed by atoms with Crippen LogP contribution in [0.25, 0.3) is 0 Å². The van der Waals surface area contributed by atoms with Crippen LogP contribution in [-0.4, -0.2) is 0 Å². The van der Waals surface area contributed by atoms with Crippen LogP contribution in [0.15, 0.2) is 36.4 Å². The molecule has 1 unspecified atom stereocenters. The van der Waals surface area contributed by atoms with Gasteiger partial charge in [0.1, 0.15) is 0 Å². The van der Waals surface area contributed by atoms with Crippen molar-refractivity contribution in [3.8, 4) is 0 Å². The highest BCUT2D eigenvalue weighted by Gasteiger charge is 2.20. The Labute approximate surface area is 144 Å². The molecule has 1 aromatic rings. The second kappa shape index (κ2) is 9.96. The molecule has 0 bridgehead atoms. The Balaban J connectivity index is 1.64. The quantitative estimate of drug-likeness (QED) is 0.346. The fourth-order valence-corrected chi connectivity index (χ4v) is 3.99. The predicted molar refractivity (Wildman–Crippen MR) is 103 cm³/mol. The average Bonchev–Trinajstić information content (AvgIpc) is 2.56. The van der Waals surface area contributed by atoms with Crippen LogP contribution in [-0.2, 0) is 0 Å². The number of hydrogen-bond donors (Lipinski definition) is 0. The van der Waals surface area contributed by atoms with Crippen LogP contribution in [0.3, 0.4) is 0 Å². The van der Waals surface area contributed by atoms with Gasteiger partial charge in [-0.1, -0.05) is 75.1 Å². The maximum atomic E-state index is 2.52. The van der Waals surface area contributed by atoms with Crippen LogP contribution in [0.1, 0.15) is 88.7 Å². The van der Waals surface area contributed by atoms with Crippen LogP contribution in [0.5, 0.6) is 0 Å². The van der Waals surface area contributed by atoms with Crippen molar-refractivity contribution in [2.75, 3.05) is 0 Å². The van der Waals surface area contributed by atoms with E-state index in [1.54, 1.807) is 5.56 Å². The third-order valence-electron chi connectivity index (χ3n) is 5.58. The third-order valence-corrected chi connectivity index (χ3v) is 5.58. The zero-order valence-electron chi connectivity index (χ0n) is 15.6. The lowest BCUT2D eigenvalue weighted by Gasteiger charge is -2.27. The topological polar surface area (TPSA) is 0 Å². The van der Waals surface area contributed by atoms with Crippen LogP contribution in [0.2, 0.25) is 0 Å². The van der Waals surface area contributed by atoms with Gasteiger partial charge >= 0.3 is 0 Å². The summed E-state index contributed by atoms with van der Waals surface area (Å²) >= 11 is 0. The van der Waals surface area contributed by atoms with Gasteiger partial charge in [-0.2, -0.15) is 0 Å². The highest BCUT2D eigenvalue weighted by atomic mass is 14.3. The lowest BCUT2D eigenvalue weighted by Crippen LogP contribution is -2.11. The van der Waals surface area contributed by atoms with Gasteiger partial charge in [0.2, 0.25) is 0 Å². The Morgan fingerprint density at radius 1 is 1.04 bits per heavy atom. The van der Waals surface area contributed by atoms with E-state index >= 15 is 0 Å². The Kier molecular flexibility index (Phi) is 7.92. The van der Waals surface area contributed by atoms with E-state index in [9.17, 15) is 0 Å². The molecule has 23 heavy (non-hydrogen) atoms. The molecule has 0 aliphatic heterocycles. The Morgan fingerprint density at radius 3 is 2.39 bits per heavy atom. The second-order valence-electron chi connectivity index (χ2n) is 7.78. The number of hydrogen-bond acceptors (Lipinski definition) is 0. The molecule has 1 aliphatic carbocycles. The van der Waals surface area contributed by atoms with Crippen molar-refractivity contribution < 1.29 is 0 Å². The van der Waals surface area contributed by atoms with Gasteiger partial charge in [0.15, 0.2) is 0 Å². The highest BCUT2D eigenvalue weighted by Crippen LogP contribution is 2.36. The zero-order chi connectivity index (χ0) is 16.5. The van der Waals surface area contributed by atoms with Crippen LogP contribution in [0.4, 0.5) is 0 Å². The van der Waals surface area contributed by atoms with E-state index in [2.05, 4.69) is 57.2 Å². The van der Waals surface area contributed by atoms with Gasteiger partial charge in [0.25, 0.3) is 0 Å². The highest BCUT2D eigenvalue weighted by molar-refractivity contribution is 5.25. The zero-order valence-corrected chi connectivity index (χ0v) is 15.6. The molecule has 1 atom stereocenters. The first-order valence-corrected chi connectivity index (χ1v) is 9.92. The third kappa shape index (κ3) is 6.53. The number of allylic oxidation sites excluding steroid dienone is 2. The van der Waals surface area contributed by atoms with Crippen molar-refractivity contribution in [1.29, 1.82) is 0 Å². The second-order valence-corrected chi connectivity index (χ2v) is 7.78. The van der Waals surface area contributed by atoms with E-state index in [0.717, 1.165) is 17.8 Å². The van der Waals surface area contributed by atoms with Gasteiger partial charge in [-0.05, 0) is 68.8 Å². The van der Waals surface area contributed by atoms with Crippen molar-refractivity contribution in [3.63, 3.8) is 0 Å². The van der Waals surface area contributed by atoms with Gasteiger partial charge in [0, 0.05) is 0 Å². The summed E-state index contributed by atoms with van der Waals surface area (Å²) in [5.41, 5.74) is 2.93. The number of aryl methyl sites for hydroxylation is 1. The minimum absolute atomic E-state index is 0.801. The number of rotatable bonds is 8. The van der Waals surface area contributed by atoms with Crippen molar-refractivity contribution in [1.82, 2.24) is 0 Å². The molecule has 1 aliphatic rings. The minimum atomic E-state index is 0.801. The number of unbranched alkanes of at least 4 members (excludes halogenated alkanes) is 1. The van der Waals surface area contributed by atoms with E-state index in [0.29, 0.717) is 0 Å². The molecule has 0 spiro atoms. The van der Waals surface area contributed by atoms with Crippen LogP contribution in [0, 0.1) is 18.8 Å². The van der Waals surface area contributed by atoms with Crippen molar-refractivity contribution >= 4 is 0 Å². The van der Waals surface area contributed by atoms with E-state index in [1.165, 1.54) is 63.4 Å². The van der Waals surface area contributed by atoms with E-state index in [4.69, 9.17) is 0 Å². The summed E-state index contributed by atoms with van der Waals surface area (Å²) in [6.07, 6.45) is 17.3. The summed E-state index contributed by atoms with van der Waals surface area (Å²) < 4.78 is 0. The van der Waals surface area contributed by atoms with E-state index in [1.807, 2.05) is 0 Å². The molecular weight excluding hydrogens is 276 g/mol. The summed E-state index contributed by atoms with van der Waals surface area (Å²) in [4.78, 5) is 0. The Hall–Kier alpha value is -1.04. The average molecular weight is 313 g/mol. The first-order chi connectivity index (χ1) is 11.2. The molecular formula is C23H36. The SMILES string of the molecule is CCCC(C)CCCC=CC1CCC(c2ccc(C)cc2)CC1. The molecule has 1 aromatic carbocycles. The van der Waals surface area contributed by atoms with Crippen LogP contribution < -0.4 is 0 Å². The molecule has 0 nitrogen and oxygen atoms in total. The standard InChI is InChI=1S/C23H36/c1-4-8-19(2)9-6-5-7-10-21-13-17-23(18-14-21)22-15-11-20(3)12-16-22/h7,10-12,15-16,19,21,23H,4-6,8-9,13-14,17-18H2,1-3H3. The molecule has 1 fully saturated rings.